The van der Waals surface area contributed by atoms with Crippen molar-refractivity contribution in [3.05, 3.63) is 62.6 Å². The van der Waals surface area contributed by atoms with Gasteiger partial charge in [0.1, 0.15) is 6.42 Å². The van der Waals surface area contributed by atoms with Crippen LogP contribution in [-0.4, -0.2) is 18.4 Å². The van der Waals surface area contributed by atoms with Crippen molar-refractivity contribution in [2.24, 2.45) is 0 Å². The van der Waals surface area contributed by atoms with E-state index in [0.717, 1.165) is 11.1 Å². The molecule has 0 saturated heterocycles. The lowest BCUT2D eigenvalue weighted by atomic mass is 10.1. The van der Waals surface area contributed by atoms with Gasteiger partial charge in [0, 0.05) is 27.3 Å². The Morgan fingerprint density at radius 1 is 1.00 bits per heavy atom. The molecule has 0 spiro atoms. The number of hydrogen-bond donors (Lipinski definition) is 2. The third-order valence-electron chi connectivity index (χ3n) is 3.59. The smallest absolute Gasteiger partial charge is 0.233 e. The van der Waals surface area contributed by atoms with E-state index in [9.17, 15) is 9.59 Å². The van der Waals surface area contributed by atoms with Crippen molar-refractivity contribution in [3.8, 4) is 0 Å². The van der Waals surface area contributed by atoms with Crippen LogP contribution in [0.25, 0.3) is 0 Å². The Balaban J connectivity index is 1.79. The Labute approximate surface area is 161 Å². The third kappa shape index (κ3) is 5.92. The highest BCUT2D eigenvalue weighted by Crippen LogP contribution is 2.23. The SMILES string of the molecule is Cc1c(Cl)cccc1NC(=O)CC(=O)NCCc1ccc(Cl)cc1Cl. The van der Waals surface area contributed by atoms with E-state index in [1.165, 1.54) is 0 Å². The second kappa shape index (κ2) is 9.09. The molecule has 0 radical (unpaired) electrons. The molecular weight excluding hydrogens is 383 g/mol. The van der Waals surface area contributed by atoms with Gasteiger partial charge in [-0.1, -0.05) is 46.9 Å². The molecule has 2 rings (SSSR count). The normalized spacial score (nSPS) is 10.4. The molecule has 2 amide bonds. The topological polar surface area (TPSA) is 58.2 Å². The maximum atomic E-state index is 12.0. The number of amides is 2. The molecule has 25 heavy (non-hydrogen) atoms. The lowest BCUT2D eigenvalue weighted by Gasteiger charge is -2.10. The van der Waals surface area contributed by atoms with E-state index in [1.54, 1.807) is 37.3 Å². The Hall–Kier alpha value is -1.75. The van der Waals surface area contributed by atoms with Crippen LogP contribution >= 0.6 is 34.8 Å². The minimum atomic E-state index is -0.396. The molecule has 0 aromatic heterocycles. The molecular formula is C18H17Cl3N2O2. The Kier molecular flexibility index (Phi) is 7.12. The van der Waals surface area contributed by atoms with E-state index in [0.29, 0.717) is 33.7 Å². The van der Waals surface area contributed by atoms with Gasteiger partial charge < -0.3 is 10.6 Å². The highest BCUT2D eigenvalue weighted by atomic mass is 35.5. The van der Waals surface area contributed by atoms with Gasteiger partial charge in [-0.05, 0) is 48.7 Å². The summed E-state index contributed by atoms with van der Waals surface area (Å²) in [6.07, 6.45) is 0.289. The predicted octanol–water partition coefficient (Wildman–Crippen LogP) is 4.64. The molecule has 4 nitrogen and oxygen atoms in total. The van der Waals surface area contributed by atoms with Gasteiger partial charge in [0.25, 0.3) is 0 Å². The van der Waals surface area contributed by atoms with Gasteiger partial charge in [0.05, 0.1) is 0 Å². The van der Waals surface area contributed by atoms with Crippen LogP contribution in [0.5, 0.6) is 0 Å². The molecule has 7 heteroatoms. The maximum Gasteiger partial charge on any atom is 0.233 e. The first-order valence-corrected chi connectivity index (χ1v) is 8.76. The number of hydrogen-bond acceptors (Lipinski definition) is 2. The zero-order valence-electron chi connectivity index (χ0n) is 13.5. The molecule has 2 aromatic carbocycles. The monoisotopic (exact) mass is 398 g/mol. The average Bonchev–Trinajstić information content (AvgIpc) is 2.54. The fourth-order valence-electron chi connectivity index (χ4n) is 2.21. The molecule has 0 atom stereocenters. The van der Waals surface area contributed by atoms with E-state index in [1.807, 2.05) is 6.07 Å². The Morgan fingerprint density at radius 3 is 2.48 bits per heavy atom. The fourth-order valence-corrected chi connectivity index (χ4v) is 2.88. The number of carbonyl (C=O) groups is 2. The Morgan fingerprint density at radius 2 is 1.76 bits per heavy atom. The van der Waals surface area contributed by atoms with E-state index in [-0.39, 0.29) is 12.3 Å². The minimum Gasteiger partial charge on any atom is -0.355 e. The number of carbonyl (C=O) groups excluding carboxylic acids is 2. The molecule has 0 unspecified atom stereocenters. The van der Waals surface area contributed by atoms with Gasteiger partial charge in [-0.2, -0.15) is 0 Å². The summed E-state index contributed by atoms with van der Waals surface area (Å²) < 4.78 is 0. The molecule has 2 N–H and O–H groups in total. The number of anilines is 1. The van der Waals surface area contributed by atoms with Crippen molar-refractivity contribution in [3.63, 3.8) is 0 Å². The fraction of sp³-hybridized carbons (Fsp3) is 0.222. The highest BCUT2D eigenvalue weighted by molar-refractivity contribution is 6.35. The van der Waals surface area contributed by atoms with Gasteiger partial charge in [-0.15, -0.1) is 0 Å². The van der Waals surface area contributed by atoms with Crippen LogP contribution in [-0.2, 0) is 16.0 Å². The highest BCUT2D eigenvalue weighted by Gasteiger charge is 2.11. The second-order valence-corrected chi connectivity index (χ2v) is 6.72. The van der Waals surface area contributed by atoms with Crippen molar-refractivity contribution >= 4 is 52.3 Å². The van der Waals surface area contributed by atoms with Gasteiger partial charge in [-0.3, -0.25) is 9.59 Å². The van der Waals surface area contributed by atoms with Crippen molar-refractivity contribution < 1.29 is 9.59 Å². The van der Waals surface area contributed by atoms with E-state index < -0.39 is 5.91 Å². The number of halogens is 3. The van der Waals surface area contributed by atoms with Crippen LogP contribution < -0.4 is 10.6 Å². The van der Waals surface area contributed by atoms with Gasteiger partial charge in [0.15, 0.2) is 0 Å². The third-order valence-corrected chi connectivity index (χ3v) is 4.59. The van der Waals surface area contributed by atoms with Crippen molar-refractivity contribution in [1.29, 1.82) is 0 Å². The van der Waals surface area contributed by atoms with Gasteiger partial charge in [-0.25, -0.2) is 0 Å². The van der Waals surface area contributed by atoms with Crippen LogP contribution in [0.1, 0.15) is 17.5 Å². The van der Waals surface area contributed by atoms with E-state index in [4.69, 9.17) is 34.8 Å². The summed E-state index contributed by atoms with van der Waals surface area (Å²) >= 11 is 17.9. The quantitative estimate of drug-likeness (QED) is 0.695. The summed E-state index contributed by atoms with van der Waals surface area (Å²) in [5, 5.41) is 7.05. The first kappa shape index (κ1) is 19.6. The second-order valence-electron chi connectivity index (χ2n) is 5.47. The summed E-state index contributed by atoms with van der Waals surface area (Å²) in [6, 6.07) is 10.4. The molecule has 2 aromatic rings. The first-order chi connectivity index (χ1) is 11.9. The lowest BCUT2D eigenvalue weighted by Crippen LogP contribution is -2.29. The first-order valence-electron chi connectivity index (χ1n) is 7.62. The molecule has 0 bridgehead atoms. The molecule has 132 valence electrons. The van der Waals surface area contributed by atoms with Gasteiger partial charge in [0.2, 0.25) is 11.8 Å². The molecule has 0 saturated carbocycles. The molecule has 0 heterocycles. The number of nitrogens with one attached hydrogen (secondary N) is 2. The van der Waals surface area contributed by atoms with E-state index >= 15 is 0 Å². The molecule has 0 aliphatic rings. The predicted molar refractivity (Wildman–Crippen MR) is 103 cm³/mol. The minimum absolute atomic E-state index is 0.264. The average molecular weight is 400 g/mol. The van der Waals surface area contributed by atoms with Crippen LogP contribution in [0.15, 0.2) is 36.4 Å². The number of rotatable bonds is 6. The van der Waals surface area contributed by atoms with Crippen molar-refractivity contribution in [2.45, 2.75) is 19.8 Å². The standard InChI is InChI=1S/C18H17Cl3N2O2/c1-11-14(20)3-2-4-16(11)23-18(25)10-17(24)22-8-7-12-5-6-13(19)9-15(12)21/h2-6,9H,7-8,10H2,1H3,(H,22,24)(H,23,25). The molecule has 0 aliphatic carbocycles. The summed E-state index contributed by atoms with van der Waals surface area (Å²) in [5.41, 5.74) is 2.24. The van der Waals surface area contributed by atoms with Crippen LogP contribution in [0.4, 0.5) is 5.69 Å². The molecule has 0 fully saturated rings. The zero-order valence-corrected chi connectivity index (χ0v) is 15.8. The number of benzene rings is 2. The van der Waals surface area contributed by atoms with Crippen molar-refractivity contribution in [2.75, 3.05) is 11.9 Å². The molecule has 0 aliphatic heterocycles. The lowest BCUT2D eigenvalue weighted by molar-refractivity contribution is -0.126. The van der Waals surface area contributed by atoms with Gasteiger partial charge >= 0.3 is 0 Å². The Bertz CT molecular complexity index is 794. The summed E-state index contributed by atoms with van der Waals surface area (Å²) in [6.45, 7) is 2.18. The summed E-state index contributed by atoms with van der Waals surface area (Å²) in [4.78, 5) is 23.8. The largest absolute Gasteiger partial charge is 0.355 e. The zero-order chi connectivity index (χ0) is 18.4. The van der Waals surface area contributed by atoms with Crippen molar-refractivity contribution in [1.82, 2.24) is 5.32 Å². The summed E-state index contributed by atoms with van der Waals surface area (Å²) in [7, 11) is 0. The van der Waals surface area contributed by atoms with E-state index in [2.05, 4.69) is 10.6 Å². The van der Waals surface area contributed by atoms with Crippen LogP contribution in [0.2, 0.25) is 15.1 Å². The van der Waals surface area contributed by atoms with Crippen LogP contribution in [0, 0.1) is 6.92 Å². The maximum absolute atomic E-state index is 12.0. The van der Waals surface area contributed by atoms with Crippen LogP contribution in [0.3, 0.4) is 0 Å². The summed E-state index contributed by atoms with van der Waals surface area (Å²) in [5.74, 6) is -0.755.